The summed E-state index contributed by atoms with van der Waals surface area (Å²) in [5, 5.41) is 10.8. The van der Waals surface area contributed by atoms with Crippen LogP contribution < -0.4 is 4.74 Å². The Morgan fingerprint density at radius 2 is 2.05 bits per heavy atom. The number of aryl methyl sites for hydroxylation is 1. The van der Waals surface area contributed by atoms with Gasteiger partial charge in [0, 0.05) is 0 Å². The number of aliphatic hydroxyl groups is 1. The third-order valence-electron chi connectivity index (χ3n) is 4.77. The quantitative estimate of drug-likeness (QED) is 0.882. The minimum Gasteiger partial charge on any atom is -0.497 e. The van der Waals surface area contributed by atoms with Crippen LogP contribution in [0, 0.1) is 18.3 Å². The molecule has 2 rings (SSSR count). The molecule has 106 valence electrons. The smallest absolute Gasteiger partial charge is 0.119 e. The van der Waals surface area contributed by atoms with E-state index < -0.39 is 0 Å². The molecular weight excluding hydrogens is 236 g/mol. The highest BCUT2D eigenvalue weighted by Crippen LogP contribution is 2.47. The van der Waals surface area contributed by atoms with Gasteiger partial charge in [0.1, 0.15) is 5.75 Å². The number of hydrogen-bond donors (Lipinski definition) is 1. The predicted molar refractivity (Wildman–Crippen MR) is 78.4 cm³/mol. The molecule has 0 spiro atoms. The third-order valence-corrected chi connectivity index (χ3v) is 4.77. The van der Waals surface area contributed by atoms with Gasteiger partial charge in [0.05, 0.1) is 13.2 Å². The average molecular weight is 262 g/mol. The number of rotatable bonds is 3. The van der Waals surface area contributed by atoms with Gasteiger partial charge in [0.15, 0.2) is 0 Å². The summed E-state index contributed by atoms with van der Waals surface area (Å²) in [4.78, 5) is 0. The minimum absolute atomic E-state index is 0.226. The summed E-state index contributed by atoms with van der Waals surface area (Å²) in [5.41, 5.74) is 2.40. The molecule has 1 aromatic rings. The molecule has 0 saturated heterocycles. The van der Waals surface area contributed by atoms with Gasteiger partial charge in [-0.25, -0.2) is 0 Å². The molecular formula is C17H26O2. The Balaban J connectivity index is 2.25. The van der Waals surface area contributed by atoms with Gasteiger partial charge >= 0.3 is 0 Å². The molecule has 0 radical (unpaired) electrons. The van der Waals surface area contributed by atoms with Crippen molar-refractivity contribution in [3.63, 3.8) is 0 Å². The van der Waals surface area contributed by atoms with Crippen LogP contribution in [-0.4, -0.2) is 12.2 Å². The summed E-state index contributed by atoms with van der Waals surface area (Å²) >= 11 is 0. The number of methoxy groups -OCH3 is 1. The largest absolute Gasteiger partial charge is 0.497 e. The summed E-state index contributed by atoms with van der Waals surface area (Å²) in [6.45, 7) is 6.63. The number of ether oxygens (including phenoxy) is 1. The lowest BCUT2D eigenvalue weighted by Gasteiger charge is -2.41. The molecule has 1 aliphatic carbocycles. The van der Waals surface area contributed by atoms with Gasteiger partial charge in [-0.15, -0.1) is 0 Å². The van der Waals surface area contributed by atoms with Gasteiger partial charge in [0.25, 0.3) is 0 Å². The van der Waals surface area contributed by atoms with E-state index in [4.69, 9.17) is 4.74 Å². The molecule has 1 N–H and O–H groups in total. The first kappa shape index (κ1) is 14.4. The summed E-state index contributed by atoms with van der Waals surface area (Å²) in [7, 11) is 1.68. The fourth-order valence-electron chi connectivity index (χ4n) is 3.43. The van der Waals surface area contributed by atoms with E-state index in [0.29, 0.717) is 5.92 Å². The van der Waals surface area contributed by atoms with Crippen LogP contribution in [0.1, 0.15) is 56.8 Å². The maximum atomic E-state index is 10.8. The van der Waals surface area contributed by atoms with E-state index in [0.717, 1.165) is 23.3 Å². The van der Waals surface area contributed by atoms with E-state index in [1.165, 1.54) is 19.3 Å². The molecule has 0 heterocycles. The number of aliphatic hydroxyl groups excluding tert-OH is 1. The van der Waals surface area contributed by atoms with E-state index in [1.54, 1.807) is 7.11 Å². The Hall–Kier alpha value is -1.02. The average Bonchev–Trinajstić information content (AvgIpc) is 2.37. The third kappa shape index (κ3) is 2.94. The Morgan fingerprint density at radius 1 is 1.32 bits per heavy atom. The van der Waals surface area contributed by atoms with Crippen molar-refractivity contribution in [1.82, 2.24) is 0 Å². The maximum Gasteiger partial charge on any atom is 0.119 e. The molecule has 19 heavy (non-hydrogen) atoms. The van der Waals surface area contributed by atoms with Gasteiger partial charge in [-0.05, 0) is 54.4 Å². The SMILES string of the molecule is COc1ccc(C(O)C2CCCCC2(C)C)c(C)c1. The van der Waals surface area contributed by atoms with Crippen molar-refractivity contribution in [3.05, 3.63) is 29.3 Å². The fraction of sp³-hybridized carbons (Fsp3) is 0.647. The Bertz CT molecular complexity index is 437. The highest BCUT2D eigenvalue weighted by Gasteiger charge is 2.37. The molecule has 0 bridgehead atoms. The lowest BCUT2D eigenvalue weighted by molar-refractivity contribution is 0.00351. The molecule has 1 aliphatic rings. The van der Waals surface area contributed by atoms with E-state index in [1.807, 2.05) is 18.2 Å². The molecule has 2 heteroatoms. The summed E-state index contributed by atoms with van der Waals surface area (Å²) in [5.74, 6) is 1.21. The molecule has 1 fully saturated rings. The number of hydrogen-bond acceptors (Lipinski definition) is 2. The Kier molecular flexibility index (Phi) is 4.19. The second-order valence-corrected chi connectivity index (χ2v) is 6.51. The minimum atomic E-state index is -0.360. The molecule has 1 aromatic carbocycles. The van der Waals surface area contributed by atoms with Gasteiger partial charge in [0.2, 0.25) is 0 Å². The van der Waals surface area contributed by atoms with E-state index in [2.05, 4.69) is 20.8 Å². The molecule has 0 aromatic heterocycles. The summed E-state index contributed by atoms with van der Waals surface area (Å²) < 4.78 is 5.23. The first-order chi connectivity index (χ1) is 8.95. The van der Waals surface area contributed by atoms with Gasteiger partial charge < -0.3 is 9.84 Å². The van der Waals surface area contributed by atoms with E-state index in [9.17, 15) is 5.11 Å². The zero-order valence-corrected chi connectivity index (χ0v) is 12.6. The van der Waals surface area contributed by atoms with Crippen molar-refractivity contribution in [2.45, 2.75) is 52.6 Å². The zero-order chi connectivity index (χ0) is 14.0. The standard InChI is InChI=1S/C17H26O2/c1-12-11-13(19-4)8-9-14(12)16(18)15-7-5-6-10-17(15,2)3/h8-9,11,15-16,18H,5-7,10H2,1-4H3. The van der Waals surface area contributed by atoms with Crippen molar-refractivity contribution >= 4 is 0 Å². The van der Waals surface area contributed by atoms with Crippen LogP contribution in [0.4, 0.5) is 0 Å². The molecule has 0 aliphatic heterocycles. The highest BCUT2D eigenvalue weighted by molar-refractivity contribution is 5.36. The van der Waals surface area contributed by atoms with E-state index >= 15 is 0 Å². The first-order valence-electron chi connectivity index (χ1n) is 7.28. The topological polar surface area (TPSA) is 29.5 Å². The fourth-order valence-corrected chi connectivity index (χ4v) is 3.43. The Morgan fingerprint density at radius 3 is 2.63 bits per heavy atom. The predicted octanol–water partition coefficient (Wildman–Crippen LogP) is 4.25. The van der Waals surface area contributed by atoms with Crippen molar-refractivity contribution in [3.8, 4) is 5.75 Å². The van der Waals surface area contributed by atoms with Crippen molar-refractivity contribution in [2.24, 2.45) is 11.3 Å². The van der Waals surface area contributed by atoms with Crippen LogP contribution in [0.2, 0.25) is 0 Å². The lowest BCUT2D eigenvalue weighted by atomic mass is 9.65. The normalized spacial score (nSPS) is 23.9. The summed E-state index contributed by atoms with van der Waals surface area (Å²) in [6.07, 6.45) is 4.50. The van der Waals surface area contributed by atoms with Gasteiger partial charge in [-0.2, -0.15) is 0 Å². The number of benzene rings is 1. The molecule has 2 atom stereocenters. The molecule has 2 nitrogen and oxygen atoms in total. The zero-order valence-electron chi connectivity index (χ0n) is 12.6. The summed E-state index contributed by atoms with van der Waals surface area (Å²) in [6, 6.07) is 5.97. The van der Waals surface area contributed by atoms with Gasteiger partial charge in [-0.1, -0.05) is 32.8 Å². The second kappa shape index (κ2) is 5.54. The van der Waals surface area contributed by atoms with Crippen LogP contribution in [0.15, 0.2) is 18.2 Å². The molecule has 0 amide bonds. The second-order valence-electron chi connectivity index (χ2n) is 6.51. The van der Waals surface area contributed by atoms with Crippen molar-refractivity contribution < 1.29 is 9.84 Å². The molecule has 1 saturated carbocycles. The van der Waals surface area contributed by atoms with Gasteiger partial charge in [-0.3, -0.25) is 0 Å². The van der Waals surface area contributed by atoms with Crippen LogP contribution in [0.25, 0.3) is 0 Å². The van der Waals surface area contributed by atoms with Crippen LogP contribution in [-0.2, 0) is 0 Å². The first-order valence-corrected chi connectivity index (χ1v) is 7.28. The maximum absolute atomic E-state index is 10.8. The van der Waals surface area contributed by atoms with Crippen LogP contribution in [0.5, 0.6) is 5.75 Å². The van der Waals surface area contributed by atoms with Crippen molar-refractivity contribution in [1.29, 1.82) is 0 Å². The molecule has 2 unspecified atom stereocenters. The lowest BCUT2D eigenvalue weighted by Crippen LogP contribution is -2.32. The monoisotopic (exact) mass is 262 g/mol. The van der Waals surface area contributed by atoms with Crippen LogP contribution >= 0.6 is 0 Å². The van der Waals surface area contributed by atoms with Crippen molar-refractivity contribution in [2.75, 3.05) is 7.11 Å². The highest BCUT2D eigenvalue weighted by atomic mass is 16.5. The van der Waals surface area contributed by atoms with Crippen LogP contribution in [0.3, 0.4) is 0 Å². The van der Waals surface area contributed by atoms with E-state index in [-0.39, 0.29) is 11.5 Å². The Labute approximate surface area is 116 Å².